The van der Waals surface area contributed by atoms with Gasteiger partial charge in [-0.05, 0) is 29.3 Å². The number of aliphatic hydroxyl groups is 1. The van der Waals surface area contributed by atoms with Gasteiger partial charge in [0.25, 0.3) is 0 Å². The number of fused-ring (bicyclic) bond motifs is 1. The number of aliphatic hydroxyl groups excluding tert-OH is 1. The lowest BCUT2D eigenvalue weighted by atomic mass is 10.0. The fraction of sp³-hybridized carbons (Fsp3) is 0.250. The van der Waals surface area contributed by atoms with Gasteiger partial charge in [0.05, 0.1) is 20.1 Å². The monoisotopic (exact) mass is 219 g/mol. The molecule has 1 amide bonds. The number of rotatable bonds is 2. The van der Waals surface area contributed by atoms with E-state index in [1.165, 1.54) is 0 Å². The van der Waals surface area contributed by atoms with Gasteiger partial charge < -0.3 is 15.2 Å². The van der Waals surface area contributed by atoms with Gasteiger partial charge in [0, 0.05) is 11.8 Å². The van der Waals surface area contributed by atoms with Crippen LogP contribution in [0.2, 0.25) is 0 Å². The van der Waals surface area contributed by atoms with Crippen LogP contribution < -0.4 is 10.1 Å². The van der Waals surface area contributed by atoms with Crippen molar-refractivity contribution in [3.8, 4) is 5.75 Å². The summed E-state index contributed by atoms with van der Waals surface area (Å²) in [5.41, 5.74) is 2.56. The molecule has 4 nitrogen and oxygen atoms in total. The minimum absolute atomic E-state index is 0.0474. The third-order valence-corrected chi connectivity index (χ3v) is 2.57. The van der Waals surface area contributed by atoms with Crippen LogP contribution in [0.25, 0.3) is 6.08 Å². The number of carbonyl (C=O) groups excluding carboxylic acids is 1. The van der Waals surface area contributed by atoms with E-state index >= 15 is 0 Å². The molecule has 0 atom stereocenters. The predicted molar refractivity (Wildman–Crippen MR) is 59.8 cm³/mol. The van der Waals surface area contributed by atoms with Crippen LogP contribution in [-0.4, -0.2) is 18.1 Å². The molecule has 1 aliphatic rings. The van der Waals surface area contributed by atoms with Gasteiger partial charge in [-0.15, -0.1) is 0 Å². The van der Waals surface area contributed by atoms with E-state index in [1.807, 2.05) is 12.1 Å². The molecule has 0 spiro atoms. The molecule has 1 heterocycles. The molecule has 0 saturated heterocycles. The lowest BCUT2D eigenvalue weighted by Gasteiger charge is -2.10. The Bertz CT molecular complexity index is 452. The van der Waals surface area contributed by atoms with Crippen LogP contribution in [0.4, 0.5) is 0 Å². The molecule has 0 unspecified atom stereocenters. The second-order valence-corrected chi connectivity index (χ2v) is 3.60. The number of hydrogen-bond acceptors (Lipinski definition) is 3. The molecule has 2 N–H and O–H groups in total. The Morgan fingerprint density at radius 3 is 3.00 bits per heavy atom. The smallest absolute Gasteiger partial charge is 0.228 e. The first-order valence-electron chi connectivity index (χ1n) is 5.01. The first-order valence-corrected chi connectivity index (χ1v) is 5.01. The van der Waals surface area contributed by atoms with Crippen LogP contribution in [0.5, 0.6) is 5.75 Å². The van der Waals surface area contributed by atoms with E-state index in [1.54, 1.807) is 19.4 Å². The van der Waals surface area contributed by atoms with E-state index in [0.29, 0.717) is 12.2 Å². The van der Waals surface area contributed by atoms with Crippen LogP contribution in [0.1, 0.15) is 16.7 Å². The molecule has 0 aromatic heterocycles. The largest absolute Gasteiger partial charge is 0.496 e. The van der Waals surface area contributed by atoms with Gasteiger partial charge in [0.2, 0.25) is 5.91 Å². The quantitative estimate of drug-likeness (QED) is 0.774. The standard InChI is InChI=1S/C12H13NO3/c1-16-11-5-9-6-12(15)13-3-2-8(9)4-10(11)7-14/h2-5,14H,6-7H2,1H3,(H,13,15). The number of ether oxygens (including phenoxy) is 1. The Kier molecular flexibility index (Phi) is 2.92. The maximum absolute atomic E-state index is 11.3. The average molecular weight is 219 g/mol. The number of hydrogen-bond donors (Lipinski definition) is 2. The Morgan fingerprint density at radius 2 is 2.31 bits per heavy atom. The summed E-state index contributed by atoms with van der Waals surface area (Å²) in [6.45, 7) is -0.0777. The first-order chi connectivity index (χ1) is 7.74. The van der Waals surface area contributed by atoms with Crippen molar-refractivity contribution >= 4 is 12.0 Å². The highest BCUT2D eigenvalue weighted by Gasteiger charge is 2.13. The number of amides is 1. The van der Waals surface area contributed by atoms with Gasteiger partial charge in [-0.2, -0.15) is 0 Å². The SMILES string of the molecule is COc1cc2c(cc1CO)C=CNC(=O)C2. The van der Waals surface area contributed by atoms with Crippen LogP contribution in [0, 0.1) is 0 Å². The topological polar surface area (TPSA) is 58.6 Å². The molecule has 0 bridgehead atoms. The molecule has 2 rings (SSSR count). The number of nitrogens with one attached hydrogen (secondary N) is 1. The highest BCUT2D eigenvalue weighted by atomic mass is 16.5. The molecule has 1 aromatic carbocycles. The van der Waals surface area contributed by atoms with Gasteiger partial charge in [0.1, 0.15) is 5.75 Å². The summed E-state index contributed by atoms with van der Waals surface area (Å²) in [5.74, 6) is 0.568. The van der Waals surface area contributed by atoms with Crippen molar-refractivity contribution in [1.29, 1.82) is 0 Å². The summed E-state index contributed by atoms with van der Waals surface area (Å²) in [7, 11) is 1.55. The highest BCUT2D eigenvalue weighted by molar-refractivity contribution is 5.83. The van der Waals surface area contributed by atoms with Crippen molar-refractivity contribution < 1.29 is 14.6 Å². The molecule has 0 radical (unpaired) electrons. The van der Waals surface area contributed by atoms with Crippen LogP contribution in [0.3, 0.4) is 0 Å². The molecule has 0 saturated carbocycles. The molecule has 0 fully saturated rings. The Hall–Kier alpha value is -1.81. The molecule has 1 aromatic rings. The molecule has 0 aliphatic carbocycles. The van der Waals surface area contributed by atoms with Crippen LogP contribution in [0.15, 0.2) is 18.3 Å². The Balaban J connectivity index is 2.51. The van der Waals surface area contributed by atoms with E-state index in [-0.39, 0.29) is 12.5 Å². The van der Waals surface area contributed by atoms with Gasteiger partial charge in [-0.1, -0.05) is 0 Å². The van der Waals surface area contributed by atoms with Crippen LogP contribution in [-0.2, 0) is 17.8 Å². The zero-order valence-electron chi connectivity index (χ0n) is 8.99. The van der Waals surface area contributed by atoms with Gasteiger partial charge in [-0.3, -0.25) is 4.79 Å². The summed E-state index contributed by atoms with van der Waals surface area (Å²) in [6, 6.07) is 3.64. The van der Waals surface area contributed by atoms with E-state index in [2.05, 4.69) is 5.32 Å². The van der Waals surface area contributed by atoms with Gasteiger partial charge in [-0.25, -0.2) is 0 Å². The van der Waals surface area contributed by atoms with Crippen molar-refractivity contribution in [3.05, 3.63) is 35.0 Å². The van der Waals surface area contributed by atoms with Crippen molar-refractivity contribution in [1.82, 2.24) is 5.32 Å². The summed E-state index contributed by atoms with van der Waals surface area (Å²) in [6.07, 6.45) is 3.75. The van der Waals surface area contributed by atoms with Crippen LogP contribution >= 0.6 is 0 Å². The predicted octanol–water partition coefficient (Wildman–Crippen LogP) is 0.831. The second-order valence-electron chi connectivity index (χ2n) is 3.60. The molecular weight excluding hydrogens is 206 g/mol. The minimum Gasteiger partial charge on any atom is -0.496 e. The summed E-state index contributed by atoms with van der Waals surface area (Å²) in [5, 5.41) is 11.8. The first kappa shape index (κ1) is 10.7. The molecule has 16 heavy (non-hydrogen) atoms. The summed E-state index contributed by atoms with van der Waals surface area (Å²) in [4.78, 5) is 11.3. The number of methoxy groups -OCH3 is 1. The van der Waals surface area contributed by atoms with Gasteiger partial charge in [0.15, 0.2) is 0 Å². The maximum Gasteiger partial charge on any atom is 0.228 e. The lowest BCUT2D eigenvalue weighted by Crippen LogP contribution is -2.17. The van der Waals surface area contributed by atoms with Crippen molar-refractivity contribution in [3.63, 3.8) is 0 Å². The zero-order chi connectivity index (χ0) is 11.5. The Labute approximate surface area is 93.5 Å². The fourth-order valence-electron chi connectivity index (χ4n) is 1.76. The van der Waals surface area contributed by atoms with E-state index in [4.69, 9.17) is 4.74 Å². The van der Waals surface area contributed by atoms with E-state index < -0.39 is 0 Å². The average Bonchev–Trinajstić information content (AvgIpc) is 2.47. The highest BCUT2D eigenvalue weighted by Crippen LogP contribution is 2.26. The second kappa shape index (κ2) is 4.37. The summed E-state index contributed by atoms with van der Waals surface area (Å²) >= 11 is 0. The van der Waals surface area contributed by atoms with Crippen molar-refractivity contribution in [2.75, 3.05) is 7.11 Å². The Morgan fingerprint density at radius 1 is 1.50 bits per heavy atom. The molecule has 84 valence electrons. The van der Waals surface area contributed by atoms with Gasteiger partial charge >= 0.3 is 0 Å². The third kappa shape index (κ3) is 1.92. The maximum atomic E-state index is 11.3. The summed E-state index contributed by atoms with van der Waals surface area (Å²) < 4.78 is 5.16. The van der Waals surface area contributed by atoms with E-state index in [0.717, 1.165) is 16.7 Å². The van der Waals surface area contributed by atoms with Crippen molar-refractivity contribution in [2.24, 2.45) is 0 Å². The molecule has 1 aliphatic heterocycles. The normalized spacial score (nSPS) is 14.0. The number of benzene rings is 1. The number of carbonyl (C=O) groups is 1. The molecule has 4 heteroatoms. The van der Waals surface area contributed by atoms with Crippen molar-refractivity contribution in [2.45, 2.75) is 13.0 Å². The fourth-order valence-corrected chi connectivity index (χ4v) is 1.76. The zero-order valence-corrected chi connectivity index (χ0v) is 8.99. The lowest BCUT2D eigenvalue weighted by molar-refractivity contribution is -0.119. The van der Waals surface area contributed by atoms with E-state index in [9.17, 15) is 9.90 Å². The minimum atomic E-state index is -0.0777. The third-order valence-electron chi connectivity index (χ3n) is 2.57. The molecular formula is C12H13NO3.